The zero-order chi connectivity index (χ0) is 18.1. The van der Waals surface area contributed by atoms with Crippen LogP contribution < -0.4 is 16.0 Å². The van der Waals surface area contributed by atoms with Crippen molar-refractivity contribution < 1.29 is 0 Å². The second-order valence-corrected chi connectivity index (χ2v) is 7.63. The van der Waals surface area contributed by atoms with Crippen molar-refractivity contribution >= 4 is 29.7 Å². The van der Waals surface area contributed by atoms with E-state index >= 15 is 0 Å². The highest BCUT2D eigenvalue weighted by molar-refractivity contribution is 5.85. The van der Waals surface area contributed by atoms with Crippen molar-refractivity contribution in [2.24, 2.45) is 0 Å². The van der Waals surface area contributed by atoms with Crippen molar-refractivity contribution in [1.82, 2.24) is 19.7 Å². The van der Waals surface area contributed by atoms with E-state index < -0.39 is 0 Å². The van der Waals surface area contributed by atoms with Crippen LogP contribution >= 0.6 is 12.4 Å². The average molecular weight is 399 g/mol. The molecule has 1 aliphatic carbocycles. The first-order valence-corrected chi connectivity index (χ1v) is 10.00. The second-order valence-electron chi connectivity index (χ2n) is 7.63. The number of piperidine rings is 1. The van der Waals surface area contributed by atoms with E-state index in [9.17, 15) is 0 Å². The first kappa shape index (κ1) is 19.0. The quantitative estimate of drug-likeness (QED) is 0.589. The topological polar surface area (TPSA) is 66.3 Å². The Bertz CT molecular complexity index is 915. The van der Waals surface area contributed by atoms with Gasteiger partial charge >= 0.3 is 0 Å². The van der Waals surface area contributed by atoms with Crippen LogP contribution in [0.25, 0.3) is 5.65 Å². The van der Waals surface area contributed by atoms with Gasteiger partial charge in [0.15, 0.2) is 11.5 Å². The van der Waals surface area contributed by atoms with Gasteiger partial charge in [-0.2, -0.15) is 0 Å². The van der Waals surface area contributed by atoms with Crippen molar-refractivity contribution in [3.8, 4) is 0 Å². The van der Waals surface area contributed by atoms with Crippen molar-refractivity contribution in [3.05, 3.63) is 54.0 Å². The van der Waals surface area contributed by atoms with Crippen molar-refractivity contribution in [2.75, 3.05) is 23.7 Å². The van der Waals surface area contributed by atoms with Crippen LogP contribution in [0.15, 0.2) is 42.7 Å². The third-order valence-electron chi connectivity index (χ3n) is 5.51. The first-order chi connectivity index (χ1) is 13.4. The predicted molar refractivity (Wildman–Crippen MR) is 115 cm³/mol. The molecule has 0 atom stereocenters. The molecule has 148 valence electrons. The molecular weight excluding hydrogens is 372 g/mol. The van der Waals surface area contributed by atoms with Gasteiger partial charge < -0.3 is 16.0 Å². The maximum atomic E-state index is 4.88. The number of hydrogen-bond donors (Lipinski definition) is 3. The Hall–Kier alpha value is -2.31. The molecule has 0 amide bonds. The standard InChI is InChI=1S/C21H26N6.ClH/c1-2-4-15(5-3-1)12-23-20-21-24-13-18(16-6-7-16)27(21)14-19(26-20)25-17-8-10-22-11-9-17;/h1-5,13-14,16-17,22,25H,6-12H2,(H,23,26);1H. The highest BCUT2D eigenvalue weighted by Gasteiger charge is 2.28. The fourth-order valence-electron chi connectivity index (χ4n) is 3.83. The molecule has 5 rings (SSSR count). The lowest BCUT2D eigenvalue weighted by Crippen LogP contribution is -2.35. The van der Waals surface area contributed by atoms with E-state index in [0.717, 1.165) is 49.8 Å². The smallest absolute Gasteiger partial charge is 0.180 e. The van der Waals surface area contributed by atoms with E-state index in [0.29, 0.717) is 12.0 Å². The minimum Gasteiger partial charge on any atom is -0.366 e. The molecule has 1 aromatic carbocycles. The van der Waals surface area contributed by atoms with Gasteiger partial charge in [0.05, 0.1) is 6.20 Å². The summed E-state index contributed by atoms with van der Waals surface area (Å²) >= 11 is 0. The SMILES string of the molecule is Cl.c1ccc(CNc2nc(NC3CCNCC3)cn3c(C4CC4)cnc23)cc1. The van der Waals surface area contributed by atoms with E-state index in [1.54, 1.807) is 0 Å². The molecule has 1 saturated carbocycles. The van der Waals surface area contributed by atoms with Crippen LogP contribution in [0, 0.1) is 0 Å². The number of hydrogen-bond acceptors (Lipinski definition) is 5. The molecule has 0 unspecified atom stereocenters. The number of anilines is 2. The van der Waals surface area contributed by atoms with Crippen LogP contribution in [-0.2, 0) is 6.54 Å². The van der Waals surface area contributed by atoms with Gasteiger partial charge in [0, 0.05) is 30.4 Å². The van der Waals surface area contributed by atoms with Gasteiger partial charge in [-0.25, -0.2) is 9.97 Å². The molecule has 1 saturated heterocycles. The summed E-state index contributed by atoms with van der Waals surface area (Å²) in [6.07, 6.45) is 8.94. The number of halogens is 1. The van der Waals surface area contributed by atoms with Gasteiger partial charge in [0.2, 0.25) is 0 Å². The molecule has 0 bridgehead atoms. The molecule has 7 heteroatoms. The van der Waals surface area contributed by atoms with E-state index in [2.05, 4.69) is 55.8 Å². The first-order valence-electron chi connectivity index (χ1n) is 10.00. The van der Waals surface area contributed by atoms with E-state index in [1.807, 2.05) is 12.3 Å². The Morgan fingerprint density at radius 2 is 1.86 bits per heavy atom. The fraction of sp³-hybridized carbons (Fsp3) is 0.429. The third-order valence-corrected chi connectivity index (χ3v) is 5.51. The summed E-state index contributed by atoms with van der Waals surface area (Å²) in [5, 5.41) is 10.6. The second kappa shape index (κ2) is 8.37. The number of nitrogens with one attached hydrogen (secondary N) is 3. The molecule has 2 fully saturated rings. The molecule has 0 spiro atoms. The lowest BCUT2D eigenvalue weighted by Gasteiger charge is -2.24. The maximum Gasteiger partial charge on any atom is 0.180 e. The van der Waals surface area contributed by atoms with Gasteiger partial charge in [-0.3, -0.25) is 4.40 Å². The van der Waals surface area contributed by atoms with Gasteiger partial charge in [-0.1, -0.05) is 30.3 Å². The van der Waals surface area contributed by atoms with E-state index in [1.165, 1.54) is 24.1 Å². The molecule has 0 radical (unpaired) electrons. The Morgan fingerprint density at radius 1 is 1.07 bits per heavy atom. The summed E-state index contributed by atoms with van der Waals surface area (Å²) < 4.78 is 2.24. The Kier molecular flexibility index (Phi) is 5.69. The number of fused-ring (bicyclic) bond motifs is 1. The normalized spacial score (nSPS) is 17.3. The third kappa shape index (κ3) is 4.08. The Labute approximate surface area is 171 Å². The molecular formula is C21H27ClN6. The van der Waals surface area contributed by atoms with Crippen LogP contribution in [0.1, 0.15) is 42.9 Å². The maximum absolute atomic E-state index is 4.88. The monoisotopic (exact) mass is 398 g/mol. The lowest BCUT2D eigenvalue weighted by atomic mass is 10.1. The van der Waals surface area contributed by atoms with Gasteiger partial charge in [-0.15, -0.1) is 12.4 Å². The van der Waals surface area contributed by atoms with E-state index in [4.69, 9.17) is 4.98 Å². The van der Waals surface area contributed by atoms with Crippen LogP contribution in [0.4, 0.5) is 11.6 Å². The largest absolute Gasteiger partial charge is 0.366 e. The number of nitrogens with zero attached hydrogens (tertiary/aromatic N) is 3. The van der Waals surface area contributed by atoms with E-state index in [-0.39, 0.29) is 12.4 Å². The Morgan fingerprint density at radius 3 is 2.61 bits per heavy atom. The molecule has 28 heavy (non-hydrogen) atoms. The Balaban J connectivity index is 0.00000192. The lowest BCUT2D eigenvalue weighted by molar-refractivity contribution is 0.478. The van der Waals surface area contributed by atoms with Crippen LogP contribution in [-0.4, -0.2) is 33.5 Å². The zero-order valence-corrected chi connectivity index (χ0v) is 16.7. The van der Waals surface area contributed by atoms with Crippen LogP contribution in [0.5, 0.6) is 0 Å². The zero-order valence-electron chi connectivity index (χ0n) is 15.9. The summed E-state index contributed by atoms with van der Waals surface area (Å²) in [6.45, 7) is 2.88. The minimum atomic E-state index is 0. The molecule has 1 aliphatic heterocycles. The molecule has 3 aromatic rings. The molecule has 3 heterocycles. The highest BCUT2D eigenvalue weighted by atomic mass is 35.5. The van der Waals surface area contributed by atoms with Crippen molar-refractivity contribution in [3.63, 3.8) is 0 Å². The minimum absolute atomic E-state index is 0. The summed E-state index contributed by atoms with van der Waals surface area (Å²) in [4.78, 5) is 9.56. The number of rotatable bonds is 6. The van der Waals surface area contributed by atoms with Crippen molar-refractivity contribution in [2.45, 2.75) is 44.2 Å². The predicted octanol–water partition coefficient (Wildman–Crippen LogP) is 3.80. The number of imidazole rings is 1. The summed E-state index contributed by atoms with van der Waals surface area (Å²) in [7, 11) is 0. The highest BCUT2D eigenvalue weighted by Crippen LogP contribution is 2.40. The van der Waals surface area contributed by atoms with Crippen molar-refractivity contribution in [1.29, 1.82) is 0 Å². The molecule has 2 aromatic heterocycles. The van der Waals surface area contributed by atoms with Crippen LogP contribution in [0.2, 0.25) is 0 Å². The molecule has 3 N–H and O–H groups in total. The molecule has 2 aliphatic rings. The summed E-state index contributed by atoms with van der Waals surface area (Å²) in [6, 6.07) is 10.9. The van der Waals surface area contributed by atoms with Gasteiger partial charge in [0.1, 0.15) is 5.82 Å². The fourth-order valence-corrected chi connectivity index (χ4v) is 3.83. The average Bonchev–Trinajstić information content (AvgIpc) is 3.47. The number of benzene rings is 1. The van der Waals surface area contributed by atoms with Crippen LogP contribution in [0.3, 0.4) is 0 Å². The van der Waals surface area contributed by atoms with Gasteiger partial charge in [-0.05, 0) is 44.3 Å². The molecule has 6 nitrogen and oxygen atoms in total. The van der Waals surface area contributed by atoms with Gasteiger partial charge in [0.25, 0.3) is 0 Å². The summed E-state index contributed by atoms with van der Waals surface area (Å²) in [5.41, 5.74) is 3.47. The summed E-state index contributed by atoms with van der Waals surface area (Å²) in [5.74, 6) is 2.44. The number of aromatic nitrogens is 3.